The molecule has 0 radical (unpaired) electrons. The van der Waals surface area contributed by atoms with Crippen LogP contribution < -0.4 is 5.73 Å². The van der Waals surface area contributed by atoms with Gasteiger partial charge >= 0.3 is 0 Å². The quantitative estimate of drug-likeness (QED) is 0.390. The molecule has 0 spiro atoms. The smallest absolute Gasteiger partial charge is 0.248 e. The van der Waals surface area contributed by atoms with E-state index >= 15 is 0 Å². The van der Waals surface area contributed by atoms with Crippen molar-refractivity contribution in [2.24, 2.45) is 0 Å². The number of Topliss-reactive ketones (excluding diaryl/α,β-unsaturated/α-hetero) is 1. The van der Waals surface area contributed by atoms with Crippen LogP contribution in [0.15, 0.2) is 48.8 Å². The summed E-state index contributed by atoms with van der Waals surface area (Å²) in [5.41, 5.74) is 10.3. The predicted molar refractivity (Wildman–Crippen MR) is 139 cm³/mol. The number of ketones is 1. The molecule has 1 aromatic carbocycles. The third-order valence-electron chi connectivity index (χ3n) is 7.83. The van der Waals surface area contributed by atoms with Gasteiger partial charge in [0.15, 0.2) is 11.4 Å². The van der Waals surface area contributed by atoms with Crippen LogP contribution in [0.25, 0.3) is 28.0 Å². The Balaban J connectivity index is 1.41. The summed E-state index contributed by atoms with van der Waals surface area (Å²) in [5, 5.41) is 13.8. The molecule has 2 aliphatic rings. The molecular formula is C28H27FN6O3. The number of benzene rings is 1. The number of rotatable bonds is 5. The van der Waals surface area contributed by atoms with Crippen LogP contribution >= 0.6 is 0 Å². The zero-order valence-corrected chi connectivity index (χ0v) is 20.8. The number of aliphatic hydroxyl groups is 1. The summed E-state index contributed by atoms with van der Waals surface area (Å²) in [6.07, 6.45) is 6.30. The maximum Gasteiger partial charge on any atom is 0.248 e. The fourth-order valence-corrected chi connectivity index (χ4v) is 6.16. The lowest BCUT2D eigenvalue weighted by molar-refractivity contribution is -0.138. The van der Waals surface area contributed by atoms with Crippen LogP contribution in [-0.4, -0.2) is 60.0 Å². The van der Waals surface area contributed by atoms with Gasteiger partial charge in [-0.1, -0.05) is 18.2 Å². The second-order valence-corrected chi connectivity index (χ2v) is 10.0. The molecule has 2 fully saturated rings. The largest absolute Gasteiger partial charge is 0.387 e. The van der Waals surface area contributed by atoms with Crippen LogP contribution in [0.2, 0.25) is 0 Å². The molecule has 194 valence electrons. The maximum atomic E-state index is 14.2. The summed E-state index contributed by atoms with van der Waals surface area (Å²) in [5.74, 6) is -0.636. The Hall–Kier alpha value is -4.18. The van der Waals surface area contributed by atoms with E-state index in [0.717, 1.165) is 18.4 Å². The van der Waals surface area contributed by atoms with Crippen LogP contribution in [0.5, 0.6) is 0 Å². The molecule has 0 saturated carbocycles. The minimum Gasteiger partial charge on any atom is -0.387 e. The van der Waals surface area contributed by atoms with Gasteiger partial charge in [0.25, 0.3) is 0 Å². The number of carbonyl (C=O) groups is 2. The van der Waals surface area contributed by atoms with E-state index in [0.29, 0.717) is 46.6 Å². The molecule has 3 N–H and O–H groups in total. The number of nitrogens with zero attached hydrogens (tertiary/aromatic N) is 5. The summed E-state index contributed by atoms with van der Waals surface area (Å²) in [7, 11) is 0. The summed E-state index contributed by atoms with van der Waals surface area (Å²) in [6, 6.07) is 10.0. The molecule has 2 unspecified atom stereocenters. The van der Waals surface area contributed by atoms with Crippen molar-refractivity contribution >= 4 is 23.2 Å². The van der Waals surface area contributed by atoms with Gasteiger partial charge in [0.1, 0.15) is 18.2 Å². The normalized spacial score (nSPS) is 20.7. The molecule has 3 aromatic heterocycles. The number of anilines is 1. The first-order valence-corrected chi connectivity index (χ1v) is 12.7. The molecule has 1 amide bonds. The summed E-state index contributed by atoms with van der Waals surface area (Å²) in [6.45, 7) is 0.966. The van der Waals surface area contributed by atoms with Crippen LogP contribution in [0.4, 0.5) is 10.2 Å². The number of aromatic nitrogens is 4. The van der Waals surface area contributed by atoms with Crippen molar-refractivity contribution in [3.8, 4) is 22.4 Å². The lowest BCUT2D eigenvalue weighted by atomic mass is 9.85. The molecule has 0 aliphatic carbocycles. The lowest BCUT2D eigenvalue weighted by Crippen LogP contribution is -2.47. The molecule has 2 atom stereocenters. The molecule has 9 nitrogen and oxygen atoms in total. The Morgan fingerprint density at radius 3 is 2.45 bits per heavy atom. The minimum absolute atomic E-state index is 0.00281. The van der Waals surface area contributed by atoms with Gasteiger partial charge < -0.3 is 15.7 Å². The Kier molecular flexibility index (Phi) is 5.91. The van der Waals surface area contributed by atoms with Crippen molar-refractivity contribution in [1.82, 2.24) is 24.5 Å². The van der Waals surface area contributed by atoms with Crippen LogP contribution in [0, 0.1) is 5.82 Å². The van der Waals surface area contributed by atoms with Crippen LogP contribution in [0.1, 0.15) is 54.6 Å². The highest BCUT2D eigenvalue weighted by molar-refractivity contribution is 6.00. The highest BCUT2D eigenvalue weighted by atomic mass is 19.1. The molecule has 2 bridgehead atoms. The summed E-state index contributed by atoms with van der Waals surface area (Å²) in [4.78, 5) is 36.3. The number of nitrogen functional groups attached to an aromatic ring is 1. The number of amides is 1. The molecular weight excluding hydrogens is 487 g/mol. The first kappa shape index (κ1) is 24.2. The van der Waals surface area contributed by atoms with E-state index in [9.17, 15) is 19.1 Å². The van der Waals surface area contributed by atoms with Crippen molar-refractivity contribution in [3.05, 3.63) is 65.9 Å². The van der Waals surface area contributed by atoms with Crippen molar-refractivity contribution in [2.75, 3.05) is 12.3 Å². The number of carbonyl (C=O) groups excluding carboxylic acids is 2. The number of nitrogens with two attached hydrogens (primary N) is 1. The van der Waals surface area contributed by atoms with Gasteiger partial charge in [-0.2, -0.15) is 9.61 Å². The number of hydrogen-bond acceptors (Lipinski definition) is 7. The number of hydrogen-bond donors (Lipinski definition) is 2. The Morgan fingerprint density at radius 1 is 1.08 bits per heavy atom. The summed E-state index contributed by atoms with van der Waals surface area (Å²) < 4.78 is 15.7. The number of aliphatic hydroxyl groups excluding tert-OH is 1. The van der Waals surface area contributed by atoms with E-state index in [4.69, 9.17) is 10.7 Å². The number of pyridine rings is 1. The highest BCUT2D eigenvalue weighted by Crippen LogP contribution is 2.44. The van der Waals surface area contributed by atoms with Gasteiger partial charge in [-0.25, -0.2) is 9.37 Å². The molecule has 5 heterocycles. The first-order valence-electron chi connectivity index (χ1n) is 12.7. The SMILES string of the molecule is CC(=O)c1c(C2CC3CCC(C2)N3C(=O)CO)nc2c(-c3ccc(-c4ccccc4F)nc3)cnn2c1N. The van der Waals surface area contributed by atoms with Gasteiger partial charge in [-0.05, 0) is 50.8 Å². The predicted octanol–water partition coefficient (Wildman–Crippen LogP) is 3.61. The Bertz CT molecular complexity index is 1550. The molecule has 2 aliphatic heterocycles. The van der Waals surface area contributed by atoms with Crippen molar-refractivity contribution < 1.29 is 19.1 Å². The van der Waals surface area contributed by atoms with Gasteiger partial charge in [0, 0.05) is 40.9 Å². The first-order chi connectivity index (χ1) is 18.4. The van der Waals surface area contributed by atoms with E-state index in [1.54, 1.807) is 41.6 Å². The van der Waals surface area contributed by atoms with Crippen LogP contribution in [0.3, 0.4) is 0 Å². The fraction of sp³-hybridized carbons (Fsp3) is 0.321. The third kappa shape index (κ3) is 3.83. The maximum absolute atomic E-state index is 14.2. The Labute approximate surface area is 218 Å². The van der Waals surface area contributed by atoms with Crippen LogP contribution in [-0.2, 0) is 4.79 Å². The number of halogens is 1. The van der Waals surface area contributed by atoms with Gasteiger partial charge in [-0.15, -0.1) is 0 Å². The Morgan fingerprint density at radius 2 is 1.82 bits per heavy atom. The second kappa shape index (κ2) is 9.29. The highest BCUT2D eigenvalue weighted by Gasteiger charge is 2.44. The van der Waals surface area contributed by atoms with Gasteiger partial charge in [-0.3, -0.25) is 14.6 Å². The van der Waals surface area contributed by atoms with E-state index in [2.05, 4.69) is 10.1 Å². The second-order valence-electron chi connectivity index (χ2n) is 10.0. The lowest BCUT2D eigenvalue weighted by Gasteiger charge is -2.39. The standard InChI is InChI=1S/C28H27FN6O3/c1-15(37)25-26(17-10-18-7-8-19(11-17)34(18)24(38)14-36)33-28-21(13-32-35(28)27(25)30)16-6-9-23(31-12-16)20-4-2-3-5-22(20)29/h2-6,9,12-13,17-19,36H,7-8,10-11,14,30H2,1H3. The number of fused-ring (bicyclic) bond motifs is 3. The van der Waals surface area contributed by atoms with Crippen molar-refractivity contribution in [1.29, 1.82) is 0 Å². The average molecular weight is 515 g/mol. The molecule has 10 heteroatoms. The third-order valence-corrected chi connectivity index (χ3v) is 7.83. The zero-order chi connectivity index (χ0) is 26.6. The zero-order valence-electron chi connectivity index (χ0n) is 20.8. The van der Waals surface area contributed by atoms with E-state index < -0.39 is 6.61 Å². The van der Waals surface area contributed by atoms with E-state index in [1.165, 1.54) is 17.5 Å². The molecule has 4 aromatic rings. The van der Waals surface area contributed by atoms with Crippen molar-refractivity contribution in [3.63, 3.8) is 0 Å². The van der Waals surface area contributed by atoms with Gasteiger partial charge in [0.2, 0.25) is 5.91 Å². The van der Waals surface area contributed by atoms with Crippen molar-refractivity contribution in [2.45, 2.75) is 50.6 Å². The summed E-state index contributed by atoms with van der Waals surface area (Å²) >= 11 is 0. The van der Waals surface area contributed by atoms with E-state index in [-0.39, 0.29) is 41.3 Å². The molecule has 2 saturated heterocycles. The minimum atomic E-state index is -0.504. The average Bonchev–Trinajstić information content (AvgIpc) is 3.46. The monoisotopic (exact) mass is 514 g/mol. The molecule has 38 heavy (non-hydrogen) atoms. The van der Waals surface area contributed by atoms with E-state index in [1.807, 2.05) is 6.07 Å². The topological polar surface area (TPSA) is 127 Å². The number of piperidine rings is 1. The fourth-order valence-electron chi connectivity index (χ4n) is 6.16. The molecule has 6 rings (SSSR count). The van der Waals surface area contributed by atoms with Gasteiger partial charge in [0.05, 0.1) is 23.1 Å².